The number of nitrogen functional groups attached to an aromatic ring is 1. The number of anilines is 1. The molecular formula is C14H15N3O2S. The molecule has 104 valence electrons. The molecule has 1 heterocycles. The summed E-state index contributed by atoms with van der Waals surface area (Å²) in [6, 6.07) is 4.81. The quantitative estimate of drug-likeness (QED) is 0.667. The van der Waals surface area contributed by atoms with Gasteiger partial charge in [-0.3, -0.25) is 0 Å². The summed E-state index contributed by atoms with van der Waals surface area (Å²) in [6.45, 7) is 5.76. The lowest BCUT2D eigenvalue weighted by Crippen LogP contribution is -2.03. The van der Waals surface area contributed by atoms with Crippen molar-refractivity contribution in [2.24, 2.45) is 0 Å². The SMILES string of the molecule is Cc1nc(Sc2c(N)cccc2C(=O)O)nc(C)c1C. The minimum absolute atomic E-state index is 0.162. The summed E-state index contributed by atoms with van der Waals surface area (Å²) in [5.74, 6) is -1.01. The second-order valence-electron chi connectivity index (χ2n) is 4.43. The lowest BCUT2D eigenvalue weighted by Gasteiger charge is -2.10. The first-order valence-corrected chi connectivity index (χ1v) is 6.83. The molecule has 0 saturated carbocycles. The van der Waals surface area contributed by atoms with Crippen LogP contribution < -0.4 is 5.73 Å². The van der Waals surface area contributed by atoms with Crippen molar-refractivity contribution >= 4 is 23.4 Å². The Bertz CT molecular complexity index is 663. The molecule has 0 saturated heterocycles. The molecule has 20 heavy (non-hydrogen) atoms. The molecule has 6 heteroatoms. The third kappa shape index (κ3) is 2.75. The van der Waals surface area contributed by atoms with Gasteiger partial charge in [0.15, 0.2) is 5.16 Å². The zero-order chi connectivity index (χ0) is 14.9. The summed E-state index contributed by atoms with van der Waals surface area (Å²) in [7, 11) is 0. The van der Waals surface area contributed by atoms with Gasteiger partial charge < -0.3 is 10.8 Å². The molecule has 2 rings (SSSR count). The maximum atomic E-state index is 11.2. The molecular weight excluding hydrogens is 274 g/mol. The highest BCUT2D eigenvalue weighted by molar-refractivity contribution is 7.99. The van der Waals surface area contributed by atoms with Gasteiger partial charge in [-0.15, -0.1) is 0 Å². The number of hydrogen-bond donors (Lipinski definition) is 2. The van der Waals surface area contributed by atoms with Gasteiger partial charge in [-0.05, 0) is 50.2 Å². The van der Waals surface area contributed by atoms with Gasteiger partial charge in [-0.2, -0.15) is 0 Å². The van der Waals surface area contributed by atoms with Gasteiger partial charge in [-0.25, -0.2) is 14.8 Å². The number of aromatic carboxylic acids is 1. The lowest BCUT2D eigenvalue weighted by molar-refractivity contribution is 0.0693. The fourth-order valence-electron chi connectivity index (χ4n) is 1.72. The number of aromatic nitrogens is 2. The van der Waals surface area contributed by atoms with Crippen LogP contribution in [0.25, 0.3) is 0 Å². The van der Waals surface area contributed by atoms with Crippen LogP contribution in [0.2, 0.25) is 0 Å². The lowest BCUT2D eigenvalue weighted by atomic mass is 10.2. The van der Waals surface area contributed by atoms with Crippen molar-refractivity contribution in [2.45, 2.75) is 30.8 Å². The Morgan fingerprint density at radius 2 is 1.80 bits per heavy atom. The second-order valence-corrected chi connectivity index (χ2v) is 5.41. The predicted octanol–water partition coefficient (Wildman–Crippen LogP) is 2.83. The van der Waals surface area contributed by atoms with Crippen molar-refractivity contribution in [3.63, 3.8) is 0 Å². The number of nitrogens with zero attached hydrogens (tertiary/aromatic N) is 2. The fraction of sp³-hybridized carbons (Fsp3) is 0.214. The number of rotatable bonds is 3. The monoisotopic (exact) mass is 289 g/mol. The number of hydrogen-bond acceptors (Lipinski definition) is 5. The zero-order valence-electron chi connectivity index (χ0n) is 11.5. The van der Waals surface area contributed by atoms with Crippen molar-refractivity contribution in [3.05, 3.63) is 40.7 Å². The molecule has 5 nitrogen and oxygen atoms in total. The summed E-state index contributed by atoms with van der Waals surface area (Å²) in [6.07, 6.45) is 0. The standard InChI is InChI=1S/C14H15N3O2S/c1-7-8(2)16-14(17-9(7)3)20-12-10(13(18)19)5-4-6-11(12)15/h4-6H,15H2,1-3H3,(H,18,19). The molecule has 0 atom stereocenters. The van der Waals surface area contributed by atoms with Crippen LogP contribution in [0, 0.1) is 20.8 Å². The van der Waals surface area contributed by atoms with Crippen molar-refractivity contribution in [2.75, 3.05) is 5.73 Å². The van der Waals surface area contributed by atoms with Crippen molar-refractivity contribution in [1.82, 2.24) is 9.97 Å². The van der Waals surface area contributed by atoms with E-state index < -0.39 is 5.97 Å². The van der Waals surface area contributed by atoms with E-state index in [1.807, 2.05) is 20.8 Å². The Morgan fingerprint density at radius 1 is 1.20 bits per heavy atom. The topological polar surface area (TPSA) is 89.1 Å². The van der Waals surface area contributed by atoms with E-state index in [1.54, 1.807) is 12.1 Å². The first-order chi connectivity index (χ1) is 9.40. The maximum Gasteiger partial charge on any atom is 0.336 e. The number of benzene rings is 1. The Morgan fingerprint density at radius 3 is 2.35 bits per heavy atom. The molecule has 2 aromatic rings. The Hall–Kier alpha value is -2.08. The van der Waals surface area contributed by atoms with Crippen molar-refractivity contribution in [3.8, 4) is 0 Å². The molecule has 0 radical (unpaired) electrons. The van der Waals surface area contributed by atoms with E-state index in [2.05, 4.69) is 9.97 Å². The summed E-state index contributed by atoms with van der Waals surface area (Å²) >= 11 is 1.18. The predicted molar refractivity (Wildman–Crippen MR) is 78.2 cm³/mol. The van der Waals surface area contributed by atoms with Gasteiger partial charge in [0.05, 0.1) is 10.5 Å². The number of nitrogens with two attached hydrogens (primary N) is 1. The largest absolute Gasteiger partial charge is 0.478 e. The number of aryl methyl sites for hydroxylation is 2. The summed E-state index contributed by atoms with van der Waals surface area (Å²) in [4.78, 5) is 20.5. The van der Waals surface area contributed by atoms with Crippen LogP contribution >= 0.6 is 11.8 Å². The smallest absolute Gasteiger partial charge is 0.336 e. The molecule has 1 aromatic carbocycles. The molecule has 0 aliphatic heterocycles. The van der Waals surface area contributed by atoms with Gasteiger partial charge in [0.1, 0.15) is 0 Å². The van der Waals surface area contributed by atoms with E-state index in [0.717, 1.165) is 17.0 Å². The number of carboxylic acid groups (broad SMARTS) is 1. The molecule has 0 fully saturated rings. The summed E-state index contributed by atoms with van der Waals surface area (Å²) in [5.41, 5.74) is 9.24. The average Bonchev–Trinajstić information content (AvgIpc) is 2.38. The second kappa shape index (κ2) is 5.50. The zero-order valence-corrected chi connectivity index (χ0v) is 12.3. The molecule has 0 amide bonds. The Kier molecular flexibility index (Phi) is 3.94. The highest BCUT2D eigenvalue weighted by atomic mass is 32.2. The van der Waals surface area contributed by atoms with Crippen LogP contribution in [-0.2, 0) is 0 Å². The first-order valence-electron chi connectivity index (χ1n) is 6.01. The molecule has 0 unspecified atom stereocenters. The van der Waals surface area contributed by atoms with Crippen LogP contribution in [-0.4, -0.2) is 21.0 Å². The molecule has 0 aliphatic carbocycles. The highest BCUT2D eigenvalue weighted by Gasteiger charge is 2.16. The summed E-state index contributed by atoms with van der Waals surface area (Å²) in [5, 5.41) is 9.72. The van der Waals surface area contributed by atoms with Crippen LogP contribution in [0.15, 0.2) is 28.3 Å². The Balaban J connectivity index is 2.47. The van der Waals surface area contributed by atoms with Gasteiger partial charge in [0.25, 0.3) is 0 Å². The van der Waals surface area contributed by atoms with Gasteiger partial charge >= 0.3 is 5.97 Å². The maximum absolute atomic E-state index is 11.2. The van der Waals surface area contributed by atoms with E-state index in [-0.39, 0.29) is 5.56 Å². The van der Waals surface area contributed by atoms with Crippen LogP contribution in [0.4, 0.5) is 5.69 Å². The third-order valence-corrected chi connectivity index (χ3v) is 4.11. The molecule has 1 aromatic heterocycles. The van der Waals surface area contributed by atoms with E-state index in [1.165, 1.54) is 17.8 Å². The van der Waals surface area contributed by atoms with Gasteiger partial charge in [-0.1, -0.05) is 6.07 Å². The minimum atomic E-state index is -1.01. The van der Waals surface area contributed by atoms with Gasteiger partial charge in [0, 0.05) is 17.1 Å². The van der Waals surface area contributed by atoms with E-state index >= 15 is 0 Å². The molecule has 0 spiro atoms. The number of carboxylic acids is 1. The van der Waals surface area contributed by atoms with Crippen molar-refractivity contribution < 1.29 is 9.90 Å². The normalized spacial score (nSPS) is 10.6. The first kappa shape index (κ1) is 14.3. The van der Waals surface area contributed by atoms with Crippen LogP contribution in [0.3, 0.4) is 0 Å². The third-order valence-electron chi connectivity index (χ3n) is 3.08. The fourth-order valence-corrected chi connectivity index (χ4v) is 2.71. The molecule has 0 bridgehead atoms. The minimum Gasteiger partial charge on any atom is -0.478 e. The van der Waals surface area contributed by atoms with Crippen molar-refractivity contribution in [1.29, 1.82) is 0 Å². The van der Waals surface area contributed by atoms with Crippen LogP contribution in [0.1, 0.15) is 27.3 Å². The van der Waals surface area contributed by atoms with E-state index in [0.29, 0.717) is 15.7 Å². The average molecular weight is 289 g/mol. The van der Waals surface area contributed by atoms with E-state index in [4.69, 9.17) is 5.73 Å². The number of carbonyl (C=O) groups is 1. The summed E-state index contributed by atoms with van der Waals surface area (Å²) < 4.78 is 0. The van der Waals surface area contributed by atoms with Crippen LogP contribution in [0.5, 0.6) is 0 Å². The highest BCUT2D eigenvalue weighted by Crippen LogP contribution is 2.33. The Labute approximate surface area is 121 Å². The molecule has 3 N–H and O–H groups in total. The van der Waals surface area contributed by atoms with E-state index in [9.17, 15) is 9.90 Å². The van der Waals surface area contributed by atoms with Gasteiger partial charge in [0.2, 0.25) is 0 Å². The molecule has 0 aliphatic rings.